The molecular formula is C17H16BrFN2O2. The largest absolute Gasteiger partial charge is 0.368 e. The third kappa shape index (κ3) is 5.49. The van der Waals surface area contributed by atoms with Crippen LogP contribution in [0.15, 0.2) is 53.0 Å². The third-order valence-electron chi connectivity index (χ3n) is 3.31. The molecule has 0 radical (unpaired) electrons. The van der Waals surface area contributed by atoms with Crippen molar-refractivity contribution in [1.29, 1.82) is 0 Å². The molecule has 0 aliphatic heterocycles. The molecule has 2 aromatic rings. The summed E-state index contributed by atoms with van der Waals surface area (Å²) in [6, 6.07) is 12.3. The van der Waals surface area contributed by atoms with E-state index < -0.39 is 11.9 Å². The number of carbonyl (C=O) groups excluding carboxylic acids is 2. The van der Waals surface area contributed by atoms with Crippen LogP contribution in [0.25, 0.3) is 0 Å². The number of nitrogens with two attached hydrogens (primary N) is 1. The van der Waals surface area contributed by atoms with E-state index in [1.807, 2.05) is 24.3 Å². The minimum atomic E-state index is -0.788. The average molecular weight is 379 g/mol. The quantitative estimate of drug-likeness (QED) is 0.809. The third-order valence-corrected chi connectivity index (χ3v) is 3.84. The molecule has 1 atom stereocenters. The normalized spacial score (nSPS) is 11.7. The number of benzene rings is 2. The summed E-state index contributed by atoms with van der Waals surface area (Å²) >= 11 is 3.33. The van der Waals surface area contributed by atoms with Gasteiger partial charge in [-0.25, -0.2) is 4.39 Å². The summed E-state index contributed by atoms with van der Waals surface area (Å²) in [5, 5.41) is 2.62. The summed E-state index contributed by atoms with van der Waals surface area (Å²) in [6.07, 6.45) is 0.377. The Morgan fingerprint density at radius 1 is 1.04 bits per heavy atom. The van der Waals surface area contributed by atoms with Crippen molar-refractivity contribution in [3.63, 3.8) is 0 Å². The number of hydrogen-bond acceptors (Lipinski definition) is 2. The SMILES string of the molecule is NC(=O)[C@H](Cc1ccc(Br)cc1)NC(=O)Cc1ccc(F)cc1. The van der Waals surface area contributed by atoms with E-state index in [-0.39, 0.29) is 18.1 Å². The van der Waals surface area contributed by atoms with Crippen molar-refractivity contribution in [3.8, 4) is 0 Å². The lowest BCUT2D eigenvalue weighted by Gasteiger charge is -2.15. The van der Waals surface area contributed by atoms with E-state index >= 15 is 0 Å². The lowest BCUT2D eigenvalue weighted by Crippen LogP contribution is -2.46. The molecular weight excluding hydrogens is 363 g/mol. The predicted molar refractivity (Wildman–Crippen MR) is 89.1 cm³/mol. The van der Waals surface area contributed by atoms with E-state index in [1.165, 1.54) is 24.3 Å². The molecule has 23 heavy (non-hydrogen) atoms. The highest BCUT2D eigenvalue weighted by Gasteiger charge is 2.18. The van der Waals surface area contributed by atoms with Gasteiger partial charge in [0.2, 0.25) is 11.8 Å². The maximum Gasteiger partial charge on any atom is 0.240 e. The Hall–Kier alpha value is -2.21. The second-order valence-electron chi connectivity index (χ2n) is 5.16. The summed E-state index contributed by atoms with van der Waals surface area (Å²) in [5.74, 6) is -1.29. The molecule has 0 aliphatic carbocycles. The maximum absolute atomic E-state index is 12.8. The lowest BCUT2D eigenvalue weighted by molar-refractivity contribution is -0.127. The number of rotatable bonds is 6. The predicted octanol–water partition coefficient (Wildman–Crippen LogP) is 2.34. The van der Waals surface area contributed by atoms with Crippen molar-refractivity contribution in [3.05, 3.63) is 69.9 Å². The fourth-order valence-corrected chi connectivity index (χ4v) is 2.38. The fraction of sp³-hybridized carbons (Fsp3) is 0.176. The number of nitrogens with one attached hydrogen (secondary N) is 1. The van der Waals surface area contributed by atoms with E-state index in [4.69, 9.17) is 5.73 Å². The Balaban J connectivity index is 1.98. The smallest absolute Gasteiger partial charge is 0.240 e. The minimum Gasteiger partial charge on any atom is -0.368 e. The van der Waals surface area contributed by atoms with Crippen LogP contribution in [0, 0.1) is 5.82 Å². The molecule has 2 amide bonds. The second kappa shape index (κ2) is 7.87. The van der Waals surface area contributed by atoms with E-state index in [1.54, 1.807) is 0 Å². The zero-order valence-electron chi connectivity index (χ0n) is 12.3. The molecule has 3 N–H and O–H groups in total. The summed E-state index contributed by atoms with van der Waals surface area (Å²) in [7, 11) is 0. The minimum absolute atomic E-state index is 0.0599. The molecule has 6 heteroatoms. The molecule has 4 nitrogen and oxygen atoms in total. The summed E-state index contributed by atoms with van der Waals surface area (Å²) in [4.78, 5) is 23.6. The first kappa shape index (κ1) is 17.1. The van der Waals surface area contributed by atoms with Gasteiger partial charge in [-0.3, -0.25) is 9.59 Å². The first-order chi connectivity index (χ1) is 10.9. The first-order valence-electron chi connectivity index (χ1n) is 7.01. The molecule has 0 bridgehead atoms. The van der Waals surface area contributed by atoms with Crippen LogP contribution in [0.5, 0.6) is 0 Å². The van der Waals surface area contributed by atoms with Crippen LogP contribution in [0.3, 0.4) is 0 Å². The van der Waals surface area contributed by atoms with Gasteiger partial charge < -0.3 is 11.1 Å². The van der Waals surface area contributed by atoms with E-state index in [2.05, 4.69) is 21.2 Å². The number of halogens is 2. The lowest BCUT2D eigenvalue weighted by atomic mass is 10.0. The van der Waals surface area contributed by atoms with Gasteiger partial charge >= 0.3 is 0 Å². The average Bonchev–Trinajstić information content (AvgIpc) is 2.51. The van der Waals surface area contributed by atoms with Gasteiger partial charge in [0.15, 0.2) is 0 Å². The van der Waals surface area contributed by atoms with Gasteiger partial charge in [0.25, 0.3) is 0 Å². The Morgan fingerprint density at radius 2 is 1.61 bits per heavy atom. The van der Waals surface area contributed by atoms with Gasteiger partial charge in [0.1, 0.15) is 11.9 Å². The highest BCUT2D eigenvalue weighted by Crippen LogP contribution is 2.12. The zero-order valence-corrected chi connectivity index (χ0v) is 13.8. The van der Waals surface area contributed by atoms with Crippen molar-refractivity contribution in [2.45, 2.75) is 18.9 Å². The Morgan fingerprint density at radius 3 is 2.17 bits per heavy atom. The van der Waals surface area contributed by atoms with Crippen molar-refractivity contribution in [1.82, 2.24) is 5.32 Å². The molecule has 0 unspecified atom stereocenters. The van der Waals surface area contributed by atoms with Crippen LogP contribution < -0.4 is 11.1 Å². The highest BCUT2D eigenvalue weighted by molar-refractivity contribution is 9.10. The molecule has 0 spiro atoms. The maximum atomic E-state index is 12.8. The number of carbonyl (C=O) groups is 2. The summed E-state index contributed by atoms with van der Waals surface area (Å²) < 4.78 is 13.8. The monoisotopic (exact) mass is 378 g/mol. The van der Waals surface area contributed by atoms with Gasteiger partial charge in [0, 0.05) is 10.9 Å². The van der Waals surface area contributed by atoms with Gasteiger partial charge in [-0.05, 0) is 35.4 Å². The van der Waals surface area contributed by atoms with E-state index in [9.17, 15) is 14.0 Å². The number of primary amides is 1. The molecule has 2 aromatic carbocycles. The standard InChI is InChI=1S/C17H16BrFN2O2/c18-13-5-1-11(2-6-13)9-15(17(20)23)21-16(22)10-12-3-7-14(19)8-4-12/h1-8,15H,9-10H2,(H2,20,23)(H,21,22)/t15-/m0/s1. The van der Waals surface area contributed by atoms with E-state index in [0.717, 1.165) is 10.0 Å². The summed E-state index contributed by atoms with van der Waals surface area (Å²) in [5.41, 5.74) is 6.91. The van der Waals surface area contributed by atoms with Gasteiger partial charge in [0.05, 0.1) is 6.42 Å². The van der Waals surface area contributed by atoms with Crippen LogP contribution in [-0.4, -0.2) is 17.9 Å². The van der Waals surface area contributed by atoms with Crippen LogP contribution in [0.1, 0.15) is 11.1 Å². The van der Waals surface area contributed by atoms with Crippen molar-refractivity contribution < 1.29 is 14.0 Å². The molecule has 0 fully saturated rings. The zero-order chi connectivity index (χ0) is 16.8. The van der Waals surface area contributed by atoms with E-state index in [0.29, 0.717) is 12.0 Å². The molecule has 120 valence electrons. The second-order valence-corrected chi connectivity index (χ2v) is 6.07. The molecule has 0 aliphatic rings. The first-order valence-corrected chi connectivity index (χ1v) is 7.81. The molecule has 0 heterocycles. The molecule has 0 saturated carbocycles. The molecule has 0 saturated heterocycles. The van der Waals surface area contributed by atoms with Gasteiger partial charge in [-0.15, -0.1) is 0 Å². The molecule has 0 aromatic heterocycles. The van der Waals surface area contributed by atoms with Crippen molar-refractivity contribution >= 4 is 27.7 Å². The van der Waals surface area contributed by atoms with Crippen LogP contribution >= 0.6 is 15.9 Å². The highest BCUT2D eigenvalue weighted by atomic mass is 79.9. The Bertz CT molecular complexity index is 687. The van der Waals surface area contributed by atoms with Gasteiger partial charge in [-0.2, -0.15) is 0 Å². The Kier molecular flexibility index (Phi) is 5.87. The summed E-state index contributed by atoms with van der Waals surface area (Å²) in [6.45, 7) is 0. The number of amides is 2. The van der Waals surface area contributed by atoms with Crippen molar-refractivity contribution in [2.24, 2.45) is 5.73 Å². The van der Waals surface area contributed by atoms with Crippen LogP contribution in [-0.2, 0) is 22.4 Å². The Labute approximate surface area is 142 Å². The van der Waals surface area contributed by atoms with Crippen LogP contribution in [0.2, 0.25) is 0 Å². The number of hydrogen-bond donors (Lipinski definition) is 2. The fourth-order valence-electron chi connectivity index (χ4n) is 2.11. The molecule has 2 rings (SSSR count). The van der Waals surface area contributed by atoms with Gasteiger partial charge in [-0.1, -0.05) is 40.2 Å². The van der Waals surface area contributed by atoms with Crippen molar-refractivity contribution in [2.75, 3.05) is 0 Å². The van der Waals surface area contributed by atoms with Crippen LogP contribution in [0.4, 0.5) is 4.39 Å². The topological polar surface area (TPSA) is 72.2 Å².